The Bertz CT molecular complexity index is 449. The molecule has 0 aliphatic carbocycles. The molecular formula is C13H28N6O6. The first-order valence-corrected chi connectivity index (χ1v) is 7.64. The summed E-state index contributed by atoms with van der Waals surface area (Å²) in [6, 6.07) is -3.55. The van der Waals surface area contributed by atoms with Crippen LogP contribution >= 0.6 is 0 Å². The van der Waals surface area contributed by atoms with Crippen molar-refractivity contribution in [2.45, 2.75) is 37.6 Å². The van der Waals surface area contributed by atoms with Crippen molar-refractivity contribution in [2.75, 3.05) is 26.7 Å². The summed E-state index contributed by atoms with van der Waals surface area (Å²) in [7, 11) is 1.66. The minimum Gasteiger partial charge on any atom is -0.480 e. The van der Waals surface area contributed by atoms with Crippen molar-refractivity contribution in [1.82, 2.24) is 21.1 Å². The molecule has 0 saturated heterocycles. The van der Waals surface area contributed by atoms with E-state index in [2.05, 4.69) is 16.1 Å². The second kappa shape index (κ2) is 11.5. The normalized spacial score (nSPS) is 15.9. The number of carbonyl (C=O) groups excluding carboxylic acids is 2. The molecule has 0 fully saturated rings. The molecule has 12 heteroatoms. The number of hydrogen-bond acceptors (Lipinski definition) is 8. The van der Waals surface area contributed by atoms with Gasteiger partial charge in [0.15, 0.2) is 6.04 Å². The van der Waals surface area contributed by atoms with Crippen molar-refractivity contribution in [3.8, 4) is 0 Å². The average molecular weight is 364 g/mol. The highest BCUT2D eigenvalue weighted by atomic mass is 16.4. The standard InChI is InChI=1S/C13H28N6O6/c1-7(21)11(12(23)24)18-13(25)17-9(3-10(15)22)4-16-19(2)5-8(14)6-20/h7-9,11,16,20-21H,3-6,14H2,1-2H3,(H2,15,22)(H,23,24)(H2,17,18,25). The molecule has 12 nitrogen and oxygen atoms in total. The molecule has 10 N–H and O–H groups in total. The van der Waals surface area contributed by atoms with E-state index in [0.717, 1.165) is 0 Å². The first kappa shape index (κ1) is 23.0. The van der Waals surface area contributed by atoms with Crippen LogP contribution in [0.5, 0.6) is 0 Å². The van der Waals surface area contributed by atoms with E-state index in [1.54, 1.807) is 12.1 Å². The van der Waals surface area contributed by atoms with Crippen molar-refractivity contribution < 1.29 is 29.7 Å². The number of likely N-dealkylation sites (N-methyl/N-ethyl adjacent to an activating group) is 1. The number of aliphatic hydroxyl groups is 2. The molecule has 0 aliphatic rings. The van der Waals surface area contributed by atoms with Gasteiger partial charge in [-0.05, 0) is 6.92 Å². The van der Waals surface area contributed by atoms with E-state index in [1.165, 1.54) is 6.92 Å². The fraction of sp³-hybridized carbons (Fsp3) is 0.769. The molecule has 0 aromatic heterocycles. The molecule has 0 spiro atoms. The summed E-state index contributed by atoms with van der Waals surface area (Å²) in [4.78, 5) is 34.0. The number of aliphatic hydroxyl groups excluding tert-OH is 2. The van der Waals surface area contributed by atoms with E-state index in [4.69, 9.17) is 21.7 Å². The highest BCUT2D eigenvalue weighted by Gasteiger charge is 2.26. The van der Waals surface area contributed by atoms with Gasteiger partial charge in [-0.25, -0.2) is 14.6 Å². The van der Waals surface area contributed by atoms with Gasteiger partial charge in [-0.3, -0.25) is 10.2 Å². The average Bonchev–Trinajstić information content (AvgIpc) is 2.48. The van der Waals surface area contributed by atoms with Gasteiger partial charge in [0.2, 0.25) is 5.91 Å². The molecule has 0 heterocycles. The van der Waals surface area contributed by atoms with Crippen molar-refractivity contribution >= 4 is 17.9 Å². The van der Waals surface area contributed by atoms with E-state index in [-0.39, 0.29) is 19.6 Å². The van der Waals surface area contributed by atoms with Gasteiger partial charge in [-0.15, -0.1) is 0 Å². The molecule has 0 aliphatic heterocycles. The zero-order chi connectivity index (χ0) is 19.6. The number of rotatable bonds is 12. The summed E-state index contributed by atoms with van der Waals surface area (Å²) in [5.74, 6) is -2.06. The molecular weight excluding hydrogens is 336 g/mol. The Hall–Kier alpha value is -1.99. The lowest BCUT2D eigenvalue weighted by Crippen LogP contribution is -2.56. The summed E-state index contributed by atoms with van der Waals surface area (Å²) < 4.78 is 0. The Morgan fingerprint density at radius 1 is 1.24 bits per heavy atom. The quantitative estimate of drug-likeness (QED) is 0.159. The zero-order valence-corrected chi connectivity index (χ0v) is 14.3. The van der Waals surface area contributed by atoms with Crippen LogP contribution in [-0.4, -0.2) is 89.2 Å². The number of amides is 3. The highest BCUT2D eigenvalue weighted by molar-refractivity contribution is 5.83. The highest BCUT2D eigenvalue weighted by Crippen LogP contribution is 1.95. The minimum absolute atomic E-state index is 0.109. The van der Waals surface area contributed by atoms with Crippen LogP contribution in [0.1, 0.15) is 13.3 Å². The van der Waals surface area contributed by atoms with Gasteiger partial charge in [-0.2, -0.15) is 0 Å². The van der Waals surface area contributed by atoms with Crippen LogP contribution in [-0.2, 0) is 9.59 Å². The smallest absolute Gasteiger partial charge is 0.328 e. The van der Waals surface area contributed by atoms with Gasteiger partial charge in [0, 0.05) is 32.6 Å². The molecule has 3 amide bonds. The van der Waals surface area contributed by atoms with Crippen molar-refractivity contribution in [1.29, 1.82) is 0 Å². The zero-order valence-electron chi connectivity index (χ0n) is 14.3. The van der Waals surface area contributed by atoms with E-state index < -0.39 is 42.1 Å². The predicted octanol–water partition coefficient (Wildman–Crippen LogP) is -3.88. The third-order valence-corrected chi connectivity index (χ3v) is 3.17. The Balaban J connectivity index is 4.63. The number of hydrazine groups is 1. The van der Waals surface area contributed by atoms with Crippen LogP contribution in [0.4, 0.5) is 4.79 Å². The lowest BCUT2D eigenvalue weighted by atomic mass is 10.2. The van der Waals surface area contributed by atoms with Crippen LogP contribution in [0, 0.1) is 0 Å². The number of aliphatic carboxylic acids is 1. The maximum Gasteiger partial charge on any atom is 0.328 e. The van der Waals surface area contributed by atoms with Crippen LogP contribution in [0.2, 0.25) is 0 Å². The predicted molar refractivity (Wildman–Crippen MR) is 88.1 cm³/mol. The molecule has 25 heavy (non-hydrogen) atoms. The van der Waals surface area contributed by atoms with E-state index >= 15 is 0 Å². The molecule has 146 valence electrons. The van der Waals surface area contributed by atoms with Crippen LogP contribution < -0.4 is 27.5 Å². The summed E-state index contributed by atoms with van der Waals surface area (Å²) in [6.45, 7) is 1.45. The van der Waals surface area contributed by atoms with Crippen molar-refractivity contribution in [3.63, 3.8) is 0 Å². The number of urea groups is 1. The fourth-order valence-electron chi connectivity index (χ4n) is 1.91. The number of hydrogen-bond donors (Lipinski definition) is 8. The van der Waals surface area contributed by atoms with Gasteiger partial charge in [0.1, 0.15) is 0 Å². The third kappa shape index (κ3) is 10.5. The fourth-order valence-corrected chi connectivity index (χ4v) is 1.91. The Morgan fingerprint density at radius 2 is 1.84 bits per heavy atom. The summed E-state index contributed by atoms with van der Waals surface area (Å²) >= 11 is 0. The van der Waals surface area contributed by atoms with Gasteiger partial charge in [0.25, 0.3) is 0 Å². The largest absolute Gasteiger partial charge is 0.480 e. The van der Waals surface area contributed by atoms with Crippen LogP contribution in [0.3, 0.4) is 0 Å². The van der Waals surface area contributed by atoms with Gasteiger partial charge < -0.3 is 37.4 Å². The van der Waals surface area contributed by atoms with Gasteiger partial charge >= 0.3 is 12.0 Å². The molecule has 0 radical (unpaired) electrons. The minimum atomic E-state index is -1.49. The number of carbonyl (C=O) groups is 3. The number of nitrogens with two attached hydrogens (primary N) is 2. The lowest BCUT2D eigenvalue weighted by molar-refractivity contribution is -0.141. The number of nitrogens with zero attached hydrogens (tertiary/aromatic N) is 1. The first-order valence-electron chi connectivity index (χ1n) is 7.64. The molecule has 4 atom stereocenters. The van der Waals surface area contributed by atoms with Crippen LogP contribution in [0.15, 0.2) is 0 Å². The molecule has 0 aromatic rings. The SMILES string of the molecule is CC(O)C(NC(=O)NC(CNN(C)CC(N)CO)CC(N)=O)C(=O)O. The molecule has 0 aromatic carbocycles. The summed E-state index contributed by atoms with van der Waals surface area (Å²) in [6.07, 6.45) is -1.49. The lowest BCUT2D eigenvalue weighted by Gasteiger charge is -2.25. The maximum absolute atomic E-state index is 11.9. The number of nitrogens with one attached hydrogen (secondary N) is 3. The second-order valence-corrected chi connectivity index (χ2v) is 5.73. The van der Waals surface area contributed by atoms with E-state index in [9.17, 15) is 19.5 Å². The van der Waals surface area contributed by atoms with Gasteiger partial charge in [0.05, 0.1) is 18.8 Å². The van der Waals surface area contributed by atoms with E-state index in [1.807, 2.05) is 0 Å². The topological polar surface area (TPSA) is 203 Å². The number of carboxylic acids is 1. The second-order valence-electron chi connectivity index (χ2n) is 5.73. The van der Waals surface area contributed by atoms with Gasteiger partial charge in [-0.1, -0.05) is 0 Å². The number of primary amides is 1. The van der Waals surface area contributed by atoms with Crippen molar-refractivity contribution in [2.24, 2.45) is 11.5 Å². The third-order valence-electron chi connectivity index (χ3n) is 3.17. The van der Waals surface area contributed by atoms with Crippen LogP contribution in [0.25, 0.3) is 0 Å². The first-order chi connectivity index (χ1) is 11.6. The monoisotopic (exact) mass is 364 g/mol. The summed E-state index contributed by atoms with van der Waals surface area (Å²) in [5, 5.41) is 33.3. The summed E-state index contributed by atoms with van der Waals surface area (Å²) in [5.41, 5.74) is 13.6. The molecule has 4 unspecified atom stereocenters. The molecule has 0 bridgehead atoms. The molecule has 0 rings (SSSR count). The maximum atomic E-state index is 11.9. The van der Waals surface area contributed by atoms with E-state index in [0.29, 0.717) is 6.54 Å². The Morgan fingerprint density at radius 3 is 2.28 bits per heavy atom. The molecule has 0 saturated carbocycles. The number of carboxylic acid groups (broad SMARTS) is 1. The van der Waals surface area contributed by atoms with Crippen molar-refractivity contribution in [3.05, 3.63) is 0 Å². The Kier molecular flexibility index (Phi) is 10.6. The Labute approximate surface area is 145 Å².